The Morgan fingerprint density at radius 1 is 1.39 bits per heavy atom. The van der Waals surface area contributed by atoms with Crippen molar-refractivity contribution in [1.82, 2.24) is 10.6 Å². The highest BCUT2D eigenvalue weighted by atomic mass is 16.4. The van der Waals surface area contributed by atoms with Gasteiger partial charge in [0.15, 0.2) is 5.60 Å². The fourth-order valence-electron chi connectivity index (χ4n) is 1.94. The fraction of sp³-hybridized carbons (Fsp3) is 0.833. The number of rotatable bonds is 6. The summed E-state index contributed by atoms with van der Waals surface area (Å²) in [6.07, 6.45) is 3.38. The van der Waals surface area contributed by atoms with Gasteiger partial charge in [-0.25, -0.2) is 4.79 Å². The highest BCUT2D eigenvalue weighted by Crippen LogP contribution is 2.17. The Balaban J connectivity index is 2.19. The van der Waals surface area contributed by atoms with E-state index in [0.717, 1.165) is 32.4 Å². The molecule has 1 saturated heterocycles. The Labute approximate surface area is 107 Å². The van der Waals surface area contributed by atoms with Crippen LogP contribution in [0.15, 0.2) is 0 Å². The summed E-state index contributed by atoms with van der Waals surface area (Å²) in [5.74, 6) is -0.965. The lowest BCUT2D eigenvalue weighted by Gasteiger charge is -2.22. The van der Waals surface area contributed by atoms with Crippen LogP contribution in [0.4, 0.5) is 0 Å². The fourth-order valence-corrected chi connectivity index (χ4v) is 1.94. The minimum Gasteiger partial charge on any atom is -0.479 e. The molecule has 4 N–H and O–H groups in total. The molecule has 18 heavy (non-hydrogen) atoms. The molecule has 104 valence electrons. The maximum Gasteiger partial charge on any atom is 0.337 e. The Morgan fingerprint density at radius 2 is 2.00 bits per heavy atom. The molecule has 0 aromatic carbocycles. The third kappa shape index (κ3) is 5.01. The van der Waals surface area contributed by atoms with E-state index in [-0.39, 0.29) is 12.5 Å². The first-order valence-corrected chi connectivity index (χ1v) is 6.35. The van der Waals surface area contributed by atoms with E-state index >= 15 is 0 Å². The largest absolute Gasteiger partial charge is 0.479 e. The van der Waals surface area contributed by atoms with E-state index in [2.05, 4.69) is 10.6 Å². The Morgan fingerprint density at radius 3 is 2.56 bits per heavy atom. The van der Waals surface area contributed by atoms with E-state index in [9.17, 15) is 14.7 Å². The SMILES string of the molecule is CC(O)(CNC(=O)CCC1CCNCC1)C(=O)O. The van der Waals surface area contributed by atoms with Crippen LogP contribution in [0.5, 0.6) is 0 Å². The molecule has 6 nitrogen and oxygen atoms in total. The standard InChI is InChI=1S/C12H22N2O4/c1-12(18,11(16)17)8-14-10(15)3-2-9-4-6-13-7-5-9/h9,13,18H,2-8H2,1H3,(H,14,15)(H,16,17). The molecule has 6 heteroatoms. The number of nitrogens with one attached hydrogen (secondary N) is 2. The molecule has 1 aliphatic heterocycles. The summed E-state index contributed by atoms with van der Waals surface area (Å²) in [6, 6.07) is 0. The van der Waals surface area contributed by atoms with Crippen LogP contribution in [0.1, 0.15) is 32.6 Å². The third-order valence-corrected chi connectivity index (χ3v) is 3.33. The van der Waals surface area contributed by atoms with Crippen molar-refractivity contribution in [2.75, 3.05) is 19.6 Å². The molecule has 0 spiro atoms. The zero-order chi connectivity index (χ0) is 13.6. The number of hydrogen-bond acceptors (Lipinski definition) is 4. The van der Waals surface area contributed by atoms with Gasteiger partial charge in [0.05, 0.1) is 6.54 Å². The van der Waals surface area contributed by atoms with E-state index in [4.69, 9.17) is 5.11 Å². The van der Waals surface area contributed by atoms with Gasteiger partial charge in [-0.1, -0.05) is 0 Å². The minimum absolute atomic E-state index is 0.199. The van der Waals surface area contributed by atoms with E-state index in [1.807, 2.05) is 0 Å². The molecule has 0 aromatic rings. The number of aliphatic hydroxyl groups is 1. The summed E-state index contributed by atoms with van der Waals surface area (Å²) in [7, 11) is 0. The van der Waals surface area contributed by atoms with Gasteiger partial charge in [-0.05, 0) is 45.2 Å². The lowest BCUT2D eigenvalue weighted by Crippen LogP contribution is -2.46. The number of piperidine rings is 1. The average molecular weight is 258 g/mol. The van der Waals surface area contributed by atoms with Crippen molar-refractivity contribution < 1.29 is 19.8 Å². The summed E-state index contributed by atoms with van der Waals surface area (Å²) < 4.78 is 0. The number of aliphatic carboxylic acids is 1. The number of carbonyl (C=O) groups is 2. The second-order valence-corrected chi connectivity index (χ2v) is 5.09. The topological polar surface area (TPSA) is 98.7 Å². The molecule has 1 aliphatic rings. The predicted octanol–water partition coefficient (Wildman–Crippen LogP) is -0.282. The van der Waals surface area contributed by atoms with Crippen molar-refractivity contribution in [2.24, 2.45) is 5.92 Å². The molecule has 1 rings (SSSR count). The van der Waals surface area contributed by atoms with Gasteiger partial charge in [0.25, 0.3) is 0 Å². The van der Waals surface area contributed by atoms with Crippen molar-refractivity contribution in [2.45, 2.75) is 38.2 Å². The minimum atomic E-state index is -1.90. The van der Waals surface area contributed by atoms with E-state index in [1.54, 1.807) is 0 Å². The van der Waals surface area contributed by atoms with Gasteiger partial charge in [-0.2, -0.15) is 0 Å². The number of carboxylic acid groups (broad SMARTS) is 1. The van der Waals surface area contributed by atoms with Crippen LogP contribution in [0, 0.1) is 5.92 Å². The molecule has 0 bridgehead atoms. The summed E-state index contributed by atoms with van der Waals surface area (Å²) in [6.45, 7) is 2.91. The molecule has 0 aromatic heterocycles. The number of hydrogen-bond donors (Lipinski definition) is 4. The van der Waals surface area contributed by atoms with Crippen molar-refractivity contribution in [1.29, 1.82) is 0 Å². The molecule has 0 saturated carbocycles. The second kappa shape index (κ2) is 6.70. The van der Waals surface area contributed by atoms with E-state index in [1.165, 1.54) is 6.92 Å². The van der Waals surface area contributed by atoms with Gasteiger partial charge in [0.2, 0.25) is 5.91 Å². The van der Waals surface area contributed by atoms with Crippen LogP contribution in [0.2, 0.25) is 0 Å². The van der Waals surface area contributed by atoms with Gasteiger partial charge in [0.1, 0.15) is 0 Å². The van der Waals surface area contributed by atoms with Gasteiger partial charge < -0.3 is 20.8 Å². The van der Waals surface area contributed by atoms with E-state index < -0.39 is 11.6 Å². The molecule has 1 heterocycles. The van der Waals surface area contributed by atoms with Crippen LogP contribution in [0.25, 0.3) is 0 Å². The maximum absolute atomic E-state index is 11.5. The average Bonchev–Trinajstić information content (AvgIpc) is 2.35. The van der Waals surface area contributed by atoms with Crippen molar-refractivity contribution in [3.05, 3.63) is 0 Å². The number of carbonyl (C=O) groups excluding carboxylic acids is 1. The number of carboxylic acids is 1. The molecule has 1 amide bonds. The molecule has 0 aliphatic carbocycles. The summed E-state index contributed by atoms with van der Waals surface area (Å²) >= 11 is 0. The second-order valence-electron chi connectivity index (χ2n) is 5.09. The first-order chi connectivity index (χ1) is 8.42. The van der Waals surface area contributed by atoms with E-state index in [0.29, 0.717) is 12.3 Å². The van der Waals surface area contributed by atoms with Crippen LogP contribution in [-0.4, -0.2) is 47.3 Å². The normalized spacial score (nSPS) is 20.1. The molecule has 0 radical (unpaired) electrons. The monoisotopic (exact) mass is 258 g/mol. The zero-order valence-electron chi connectivity index (χ0n) is 10.7. The number of amides is 1. The van der Waals surface area contributed by atoms with Crippen LogP contribution >= 0.6 is 0 Å². The van der Waals surface area contributed by atoms with Gasteiger partial charge in [0, 0.05) is 6.42 Å². The van der Waals surface area contributed by atoms with Crippen LogP contribution in [0.3, 0.4) is 0 Å². The Kier molecular flexibility index (Phi) is 5.55. The van der Waals surface area contributed by atoms with Crippen molar-refractivity contribution in [3.63, 3.8) is 0 Å². The lowest BCUT2D eigenvalue weighted by molar-refractivity contribution is -0.156. The van der Waals surface area contributed by atoms with Gasteiger partial charge in [-0.15, -0.1) is 0 Å². The first-order valence-electron chi connectivity index (χ1n) is 6.35. The molecule has 1 atom stereocenters. The van der Waals surface area contributed by atoms with Crippen molar-refractivity contribution in [3.8, 4) is 0 Å². The smallest absolute Gasteiger partial charge is 0.337 e. The van der Waals surface area contributed by atoms with Crippen LogP contribution < -0.4 is 10.6 Å². The van der Waals surface area contributed by atoms with Gasteiger partial charge >= 0.3 is 5.97 Å². The summed E-state index contributed by atoms with van der Waals surface area (Å²) in [5, 5.41) is 23.8. The maximum atomic E-state index is 11.5. The zero-order valence-corrected chi connectivity index (χ0v) is 10.7. The first kappa shape index (κ1) is 14.9. The highest BCUT2D eigenvalue weighted by molar-refractivity contribution is 5.80. The highest BCUT2D eigenvalue weighted by Gasteiger charge is 2.30. The van der Waals surface area contributed by atoms with Crippen LogP contribution in [-0.2, 0) is 9.59 Å². The Bertz CT molecular complexity index is 298. The quantitative estimate of drug-likeness (QED) is 0.525. The summed E-state index contributed by atoms with van der Waals surface area (Å²) in [4.78, 5) is 22.2. The third-order valence-electron chi connectivity index (χ3n) is 3.33. The Hall–Kier alpha value is -1.14. The predicted molar refractivity (Wildman–Crippen MR) is 66.1 cm³/mol. The molecule has 1 fully saturated rings. The molecular weight excluding hydrogens is 236 g/mol. The van der Waals surface area contributed by atoms with Crippen molar-refractivity contribution >= 4 is 11.9 Å². The molecule has 1 unspecified atom stereocenters. The molecular formula is C12H22N2O4. The van der Waals surface area contributed by atoms with Gasteiger partial charge in [-0.3, -0.25) is 4.79 Å². The summed E-state index contributed by atoms with van der Waals surface area (Å²) in [5.41, 5.74) is -1.90. The lowest BCUT2D eigenvalue weighted by atomic mass is 9.93.